The number of hydrogen-bond donors (Lipinski definition) is 2. The number of carboxylic acid groups (broad SMARTS) is 1. The Morgan fingerprint density at radius 1 is 1.28 bits per heavy atom. The summed E-state index contributed by atoms with van der Waals surface area (Å²) in [5.74, 6) is -1.07. The second-order valence-electron chi connectivity index (χ2n) is 4.99. The molecule has 0 radical (unpaired) electrons. The second-order valence-corrected chi connectivity index (χ2v) is 4.99. The molecule has 0 unspecified atom stereocenters. The molecular formula is C13H14N2O3. The Hall–Kier alpha value is -1.91. The molecule has 3 rings (SSSR count). The Balaban J connectivity index is 2.12. The summed E-state index contributed by atoms with van der Waals surface area (Å²) in [5, 5.41) is 11.8. The molecule has 94 valence electrons. The molecular weight excluding hydrogens is 232 g/mol. The number of fused-ring (bicyclic) bond motifs is 2. The smallest absolute Gasteiger partial charge is 0.354 e. The van der Waals surface area contributed by atoms with Gasteiger partial charge < -0.3 is 10.4 Å². The highest BCUT2D eigenvalue weighted by Gasteiger charge is 2.48. The molecule has 5 heteroatoms. The number of aromatic nitrogens is 1. The van der Waals surface area contributed by atoms with E-state index in [4.69, 9.17) is 5.11 Å². The maximum atomic E-state index is 12.2. The first-order valence-electron chi connectivity index (χ1n) is 6.20. The number of pyridine rings is 1. The highest BCUT2D eigenvalue weighted by atomic mass is 16.4. The van der Waals surface area contributed by atoms with Gasteiger partial charge in [0.15, 0.2) is 0 Å². The fourth-order valence-corrected chi connectivity index (χ4v) is 3.01. The van der Waals surface area contributed by atoms with Gasteiger partial charge in [0.2, 0.25) is 5.91 Å². The summed E-state index contributed by atoms with van der Waals surface area (Å²) in [6, 6.07) is 3.08. The van der Waals surface area contributed by atoms with Crippen LogP contribution < -0.4 is 5.32 Å². The van der Waals surface area contributed by atoms with Gasteiger partial charge in [-0.3, -0.25) is 4.79 Å². The van der Waals surface area contributed by atoms with Gasteiger partial charge in [-0.2, -0.15) is 0 Å². The van der Waals surface area contributed by atoms with Crippen molar-refractivity contribution in [2.45, 2.75) is 37.5 Å². The fraction of sp³-hybridized carbons (Fsp3) is 0.462. The van der Waals surface area contributed by atoms with E-state index in [1.807, 2.05) is 0 Å². The zero-order valence-electron chi connectivity index (χ0n) is 9.90. The molecule has 0 atom stereocenters. The van der Waals surface area contributed by atoms with Crippen molar-refractivity contribution in [2.24, 2.45) is 0 Å². The summed E-state index contributed by atoms with van der Waals surface area (Å²) < 4.78 is 0. The summed E-state index contributed by atoms with van der Waals surface area (Å²) in [7, 11) is 0. The first-order chi connectivity index (χ1) is 8.63. The van der Waals surface area contributed by atoms with Crippen LogP contribution >= 0.6 is 0 Å². The predicted octanol–water partition coefficient (Wildman–Crippen LogP) is 1.93. The van der Waals surface area contributed by atoms with E-state index in [2.05, 4.69) is 10.3 Å². The Morgan fingerprint density at radius 3 is 2.67 bits per heavy atom. The lowest BCUT2D eigenvalue weighted by molar-refractivity contribution is -0.122. The SMILES string of the molecule is O=C(O)c1ccc2c(n1)C1(CCCCC1)C(=O)N2. The molecule has 1 aliphatic heterocycles. The lowest BCUT2D eigenvalue weighted by Gasteiger charge is -2.30. The summed E-state index contributed by atoms with van der Waals surface area (Å²) in [6.07, 6.45) is 4.64. The van der Waals surface area contributed by atoms with Crippen molar-refractivity contribution in [1.82, 2.24) is 4.98 Å². The minimum atomic E-state index is -1.05. The van der Waals surface area contributed by atoms with Crippen LogP contribution in [0.1, 0.15) is 48.3 Å². The Morgan fingerprint density at radius 2 is 2.00 bits per heavy atom. The Bertz CT molecular complexity index is 533. The summed E-state index contributed by atoms with van der Waals surface area (Å²) in [4.78, 5) is 27.4. The van der Waals surface area contributed by atoms with E-state index in [1.165, 1.54) is 6.07 Å². The Labute approximate surface area is 104 Å². The quantitative estimate of drug-likeness (QED) is 0.793. The molecule has 1 amide bonds. The number of nitrogens with one attached hydrogen (secondary N) is 1. The van der Waals surface area contributed by atoms with Crippen LogP contribution in [-0.2, 0) is 10.2 Å². The third-order valence-corrected chi connectivity index (χ3v) is 3.96. The molecule has 1 aliphatic carbocycles. The first-order valence-corrected chi connectivity index (χ1v) is 6.20. The fourth-order valence-electron chi connectivity index (χ4n) is 3.01. The van der Waals surface area contributed by atoms with E-state index in [-0.39, 0.29) is 11.6 Å². The zero-order chi connectivity index (χ0) is 12.8. The minimum Gasteiger partial charge on any atom is -0.477 e. The molecule has 1 spiro atoms. The van der Waals surface area contributed by atoms with E-state index < -0.39 is 11.4 Å². The average molecular weight is 246 g/mol. The van der Waals surface area contributed by atoms with Gasteiger partial charge in [0.05, 0.1) is 16.8 Å². The van der Waals surface area contributed by atoms with E-state index >= 15 is 0 Å². The number of carboxylic acids is 1. The van der Waals surface area contributed by atoms with Crippen molar-refractivity contribution in [1.29, 1.82) is 0 Å². The van der Waals surface area contributed by atoms with Crippen molar-refractivity contribution in [3.63, 3.8) is 0 Å². The summed E-state index contributed by atoms with van der Waals surface area (Å²) >= 11 is 0. The van der Waals surface area contributed by atoms with Gasteiger partial charge in [-0.15, -0.1) is 0 Å². The van der Waals surface area contributed by atoms with Gasteiger partial charge in [0, 0.05) is 0 Å². The molecule has 1 fully saturated rings. The number of carbonyl (C=O) groups is 2. The third kappa shape index (κ3) is 1.43. The number of amides is 1. The predicted molar refractivity (Wildman–Crippen MR) is 64.6 cm³/mol. The number of nitrogens with zero attached hydrogens (tertiary/aromatic N) is 1. The zero-order valence-corrected chi connectivity index (χ0v) is 9.90. The number of anilines is 1. The molecule has 2 heterocycles. The second kappa shape index (κ2) is 3.80. The van der Waals surface area contributed by atoms with Crippen LogP contribution in [0, 0.1) is 0 Å². The molecule has 0 bridgehead atoms. The molecule has 5 nitrogen and oxygen atoms in total. The van der Waals surface area contributed by atoms with Crippen LogP contribution in [-0.4, -0.2) is 22.0 Å². The minimum absolute atomic E-state index is 0.00944. The average Bonchev–Trinajstić information content (AvgIpc) is 2.63. The van der Waals surface area contributed by atoms with Crippen LogP contribution in [0.3, 0.4) is 0 Å². The summed E-state index contributed by atoms with van der Waals surface area (Å²) in [5.41, 5.74) is 0.730. The molecule has 1 aromatic heterocycles. The topological polar surface area (TPSA) is 79.3 Å². The molecule has 1 saturated carbocycles. The number of hydrogen-bond acceptors (Lipinski definition) is 3. The van der Waals surface area contributed by atoms with Gasteiger partial charge in [-0.1, -0.05) is 19.3 Å². The normalized spacial score (nSPS) is 20.6. The van der Waals surface area contributed by atoms with Crippen LogP contribution in [0.5, 0.6) is 0 Å². The van der Waals surface area contributed by atoms with Gasteiger partial charge in [0.25, 0.3) is 0 Å². The lowest BCUT2D eigenvalue weighted by Crippen LogP contribution is -2.37. The van der Waals surface area contributed by atoms with Crippen molar-refractivity contribution in [2.75, 3.05) is 5.32 Å². The van der Waals surface area contributed by atoms with E-state index in [9.17, 15) is 9.59 Å². The molecule has 0 saturated heterocycles. The molecule has 1 aromatic rings. The standard InChI is InChI=1S/C13H14N2O3/c16-11(17)9-5-4-8-10(14-9)13(12(18)15-8)6-2-1-3-7-13/h4-5H,1-3,6-7H2,(H,15,18)(H,16,17). The van der Waals surface area contributed by atoms with Crippen molar-refractivity contribution < 1.29 is 14.7 Å². The maximum absolute atomic E-state index is 12.2. The molecule has 2 N–H and O–H groups in total. The maximum Gasteiger partial charge on any atom is 0.354 e. The van der Waals surface area contributed by atoms with Gasteiger partial charge >= 0.3 is 5.97 Å². The van der Waals surface area contributed by atoms with E-state index in [1.54, 1.807) is 6.07 Å². The van der Waals surface area contributed by atoms with Crippen LogP contribution in [0.25, 0.3) is 0 Å². The van der Waals surface area contributed by atoms with E-state index in [0.717, 1.165) is 32.1 Å². The van der Waals surface area contributed by atoms with Crippen LogP contribution in [0.2, 0.25) is 0 Å². The monoisotopic (exact) mass is 246 g/mol. The number of aromatic carboxylic acids is 1. The van der Waals surface area contributed by atoms with Gasteiger partial charge in [0.1, 0.15) is 5.69 Å². The Kier molecular flexibility index (Phi) is 2.36. The first kappa shape index (κ1) is 11.2. The third-order valence-electron chi connectivity index (χ3n) is 3.96. The van der Waals surface area contributed by atoms with Crippen molar-refractivity contribution in [3.05, 3.63) is 23.5 Å². The van der Waals surface area contributed by atoms with Crippen molar-refractivity contribution in [3.8, 4) is 0 Å². The van der Waals surface area contributed by atoms with Crippen LogP contribution in [0.15, 0.2) is 12.1 Å². The lowest BCUT2D eigenvalue weighted by atomic mass is 9.72. The van der Waals surface area contributed by atoms with Gasteiger partial charge in [-0.05, 0) is 25.0 Å². The highest BCUT2D eigenvalue weighted by Crippen LogP contribution is 2.46. The molecule has 2 aliphatic rings. The molecule has 0 aromatic carbocycles. The van der Waals surface area contributed by atoms with E-state index in [0.29, 0.717) is 11.4 Å². The highest BCUT2D eigenvalue weighted by molar-refractivity contribution is 6.06. The number of carbonyl (C=O) groups excluding carboxylic acids is 1. The molecule has 18 heavy (non-hydrogen) atoms. The number of rotatable bonds is 1. The van der Waals surface area contributed by atoms with Crippen molar-refractivity contribution >= 4 is 17.6 Å². The summed E-state index contributed by atoms with van der Waals surface area (Å²) in [6.45, 7) is 0. The van der Waals surface area contributed by atoms with Crippen LogP contribution in [0.4, 0.5) is 5.69 Å². The van der Waals surface area contributed by atoms with Gasteiger partial charge in [-0.25, -0.2) is 9.78 Å². The largest absolute Gasteiger partial charge is 0.477 e.